The minimum Gasteiger partial charge on any atom is -0.302 e. The van der Waals surface area contributed by atoms with Crippen LogP contribution < -0.4 is 0 Å². The molecule has 0 unspecified atom stereocenters. The van der Waals surface area contributed by atoms with Crippen LogP contribution in [0.1, 0.15) is 19.3 Å². The van der Waals surface area contributed by atoms with E-state index in [0.29, 0.717) is 6.54 Å². The van der Waals surface area contributed by atoms with E-state index in [1.807, 2.05) is 0 Å². The van der Waals surface area contributed by atoms with Crippen molar-refractivity contribution in [2.24, 2.45) is 9.98 Å². The van der Waals surface area contributed by atoms with Gasteiger partial charge in [0.2, 0.25) is 0 Å². The molecule has 0 amide bonds. The first-order valence-corrected chi connectivity index (χ1v) is 5.36. The van der Waals surface area contributed by atoms with Crippen LogP contribution in [0.25, 0.3) is 0 Å². The Balaban J connectivity index is 3.56. The minimum atomic E-state index is 0.513. The fourth-order valence-electron chi connectivity index (χ4n) is 1.36. The number of nitrogens with zero attached hydrogens (tertiary/aromatic N) is 3. The summed E-state index contributed by atoms with van der Waals surface area (Å²) in [6.45, 7) is 10.8. The molecule has 0 N–H and O–H groups in total. The molecule has 0 saturated carbocycles. The maximum atomic E-state index is 10.4. The summed E-state index contributed by atoms with van der Waals surface area (Å²) in [5.74, 6) is 0. The predicted octanol–water partition coefficient (Wildman–Crippen LogP) is 1.06. The number of aldehydes is 1. The number of hydrogen-bond donors (Lipinski definition) is 0. The van der Waals surface area contributed by atoms with Crippen molar-refractivity contribution >= 4 is 19.7 Å². The van der Waals surface area contributed by atoms with E-state index in [9.17, 15) is 4.79 Å². The third-order valence-corrected chi connectivity index (χ3v) is 2.16. The van der Waals surface area contributed by atoms with Gasteiger partial charge in [0.1, 0.15) is 6.29 Å². The molecule has 86 valence electrons. The molecular formula is C11H21N3O. The molecule has 0 aromatic carbocycles. The number of carbonyl (C=O) groups excluding carboxylic acids is 1. The van der Waals surface area contributed by atoms with Gasteiger partial charge in [-0.05, 0) is 39.2 Å². The summed E-state index contributed by atoms with van der Waals surface area (Å²) < 4.78 is 0. The summed E-state index contributed by atoms with van der Waals surface area (Å²) >= 11 is 0. The molecule has 0 radical (unpaired) electrons. The molecule has 15 heavy (non-hydrogen) atoms. The second kappa shape index (κ2) is 11.0. The van der Waals surface area contributed by atoms with E-state index < -0.39 is 0 Å². The molecule has 0 atom stereocenters. The van der Waals surface area contributed by atoms with Crippen molar-refractivity contribution in [3.05, 3.63) is 0 Å². The van der Waals surface area contributed by atoms with E-state index in [4.69, 9.17) is 0 Å². The fourth-order valence-corrected chi connectivity index (χ4v) is 1.36. The van der Waals surface area contributed by atoms with Crippen molar-refractivity contribution in [3.8, 4) is 0 Å². The molecule has 4 nitrogen and oxygen atoms in total. The molecule has 0 aromatic heterocycles. The lowest BCUT2D eigenvalue weighted by atomic mass is 10.2. The lowest BCUT2D eigenvalue weighted by Crippen LogP contribution is -2.28. The highest BCUT2D eigenvalue weighted by atomic mass is 16.1. The van der Waals surface area contributed by atoms with Crippen LogP contribution in [0.3, 0.4) is 0 Å². The van der Waals surface area contributed by atoms with Gasteiger partial charge in [-0.15, -0.1) is 0 Å². The summed E-state index contributed by atoms with van der Waals surface area (Å²) in [6, 6.07) is 0. The molecule has 0 bridgehead atoms. The van der Waals surface area contributed by atoms with E-state index >= 15 is 0 Å². The Bertz CT molecular complexity index is 183. The zero-order chi connectivity index (χ0) is 11.4. The Morgan fingerprint density at radius 1 is 1.00 bits per heavy atom. The van der Waals surface area contributed by atoms with Gasteiger partial charge in [0.05, 0.1) is 6.54 Å². The SMILES string of the molecule is C=NCCCCN(CC=O)CCCN=C. The van der Waals surface area contributed by atoms with Gasteiger partial charge in [0, 0.05) is 19.6 Å². The molecule has 0 fully saturated rings. The third-order valence-electron chi connectivity index (χ3n) is 2.16. The predicted molar refractivity (Wildman–Crippen MR) is 65.2 cm³/mol. The van der Waals surface area contributed by atoms with Gasteiger partial charge in [-0.2, -0.15) is 0 Å². The molecule has 4 heteroatoms. The average molecular weight is 211 g/mol. The molecule has 0 aliphatic rings. The molecule has 0 rings (SSSR count). The highest BCUT2D eigenvalue weighted by molar-refractivity contribution is 5.51. The number of carbonyl (C=O) groups is 1. The minimum absolute atomic E-state index is 0.513. The number of rotatable bonds is 11. The van der Waals surface area contributed by atoms with Crippen LogP contribution in [0.15, 0.2) is 9.98 Å². The zero-order valence-corrected chi connectivity index (χ0v) is 9.40. The summed E-state index contributed by atoms with van der Waals surface area (Å²) in [5.41, 5.74) is 0. The standard InChI is InChI=1S/C11H21N3O/c1-12-6-3-4-8-14(10-11-15)9-5-7-13-2/h11H,1-10H2. The van der Waals surface area contributed by atoms with Gasteiger partial charge in [-0.25, -0.2) is 0 Å². The van der Waals surface area contributed by atoms with Gasteiger partial charge >= 0.3 is 0 Å². The third kappa shape index (κ3) is 9.28. The van der Waals surface area contributed by atoms with E-state index in [2.05, 4.69) is 28.3 Å². The van der Waals surface area contributed by atoms with E-state index in [-0.39, 0.29) is 0 Å². The van der Waals surface area contributed by atoms with E-state index in [1.165, 1.54) is 0 Å². The van der Waals surface area contributed by atoms with Gasteiger partial charge in [0.25, 0.3) is 0 Å². The van der Waals surface area contributed by atoms with Crippen molar-refractivity contribution in [2.45, 2.75) is 19.3 Å². The van der Waals surface area contributed by atoms with Crippen molar-refractivity contribution in [3.63, 3.8) is 0 Å². The smallest absolute Gasteiger partial charge is 0.133 e. The molecule has 0 saturated heterocycles. The molecule has 0 spiro atoms. The Hall–Kier alpha value is -1.03. The maximum Gasteiger partial charge on any atom is 0.133 e. The van der Waals surface area contributed by atoms with Crippen LogP contribution >= 0.6 is 0 Å². The van der Waals surface area contributed by atoms with Gasteiger partial charge < -0.3 is 14.8 Å². The van der Waals surface area contributed by atoms with Crippen molar-refractivity contribution in [1.29, 1.82) is 0 Å². The Morgan fingerprint density at radius 3 is 2.20 bits per heavy atom. The van der Waals surface area contributed by atoms with Gasteiger partial charge in [-0.1, -0.05) is 0 Å². The van der Waals surface area contributed by atoms with Crippen LogP contribution in [0, 0.1) is 0 Å². The van der Waals surface area contributed by atoms with Gasteiger partial charge in [-0.3, -0.25) is 4.90 Å². The van der Waals surface area contributed by atoms with E-state index in [1.54, 1.807) is 0 Å². The first-order valence-electron chi connectivity index (χ1n) is 5.36. The summed E-state index contributed by atoms with van der Waals surface area (Å²) in [7, 11) is 0. The van der Waals surface area contributed by atoms with E-state index in [0.717, 1.165) is 51.7 Å². The highest BCUT2D eigenvalue weighted by Crippen LogP contribution is 1.97. The first kappa shape index (κ1) is 14.0. The summed E-state index contributed by atoms with van der Waals surface area (Å²) in [5, 5.41) is 0. The first-order chi connectivity index (χ1) is 7.35. The normalized spacial score (nSPS) is 10.2. The van der Waals surface area contributed by atoms with Crippen LogP contribution in [-0.2, 0) is 4.79 Å². The second-order valence-corrected chi connectivity index (χ2v) is 3.42. The van der Waals surface area contributed by atoms with Crippen LogP contribution in [0.4, 0.5) is 0 Å². The average Bonchev–Trinajstić information content (AvgIpc) is 2.24. The van der Waals surface area contributed by atoms with Crippen molar-refractivity contribution < 1.29 is 4.79 Å². The maximum absolute atomic E-state index is 10.4. The second-order valence-electron chi connectivity index (χ2n) is 3.42. The zero-order valence-electron chi connectivity index (χ0n) is 9.40. The molecule has 0 aliphatic heterocycles. The van der Waals surface area contributed by atoms with Crippen LogP contribution in [0.5, 0.6) is 0 Å². The summed E-state index contributed by atoms with van der Waals surface area (Å²) in [6.07, 6.45) is 4.02. The van der Waals surface area contributed by atoms with Crippen LogP contribution in [-0.4, -0.2) is 57.3 Å². The number of unbranched alkanes of at least 4 members (excludes halogenated alkanes) is 1. The largest absolute Gasteiger partial charge is 0.302 e. The lowest BCUT2D eigenvalue weighted by Gasteiger charge is -2.18. The Kier molecular flexibility index (Phi) is 10.3. The van der Waals surface area contributed by atoms with Crippen molar-refractivity contribution in [2.75, 3.05) is 32.7 Å². The molecule has 0 aliphatic carbocycles. The topological polar surface area (TPSA) is 45.0 Å². The molecule has 0 heterocycles. The fraction of sp³-hybridized carbons (Fsp3) is 0.727. The highest BCUT2D eigenvalue weighted by Gasteiger charge is 2.02. The Morgan fingerprint density at radius 2 is 1.60 bits per heavy atom. The Labute approximate surface area is 92.1 Å². The van der Waals surface area contributed by atoms with Crippen molar-refractivity contribution in [1.82, 2.24) is 4.90 Å². The molecular weight excluding hydrogens is 190 g/mol. The lowest BCUT2D eigenvalue weighted by molar-refractivity contribution is -0.108. The quantitative estimate of drug-likeness (QED) is 0.291. The summed E-state index contributed by atoms with van der Waals surface area (Å²) in [4.78, 5) is 20.2. The molecule has 0 aromatic rings. The van der Waals surface area contributed by atoms with Gasteiger partial charge in [0.15, 0.2) is 0 Å². The van der Waals surface area contributed by atoms with Crippen LogP contribution in [0.2, 0.25) is 0 Å². The number of aliphatic imine (C=N–C) groups is 2. The monoisotopic (exact) mass is 211 g/mol. The number of hydrogen-bond acceptors (Lipinski definition) is 4.